The minimum Gasteiger partial charge on any atom is -0.0727 e. The van der Waals surface area contributed by atoms with E-state index in [1.165, 1.54) is 50.3 Å². The molecule has 2 rings (SSSR count). The fourth-order valence-electron chi connectivity index (χ4n) is 2.26. The average Bonchev–Trinajstić information content (AvgIpc) is 2.56. The van der Waals surface area contributed by atoms with E-state index < -0.39 is 0 Å². The van der Waals surface area contributed by atoms with Crippen LogP contribution < -0.4 is 0 Å². The summed E-state index contributed by atoms with van der Waals surface area (Å²) >= 11 is 0. The van der Waals surface area contributed by atoms with Crippen molar-refractivity contribution in [3.05, 3.63) is 35.9 Å². The van der Waals surface area contributed by atoms with E-state index in [0.717, 1.165) is 5.66 Å². The molecule has 1 aliphatic rings. The zero-order valence-corrected chi connectivity index (χ0v) is 10.3. The maximum Gasteiger partial charge on any atom is -0.00316 e. The second kappa shape index (κ2) is 6.28. The first-order valence-corrected chi connectivity index (χ1v) is 7.30. The first-order chi connectivity index (χ1) is 7.45. The van der Waals surface area contributed by atoms with Crippen LogP contribution in [-0.2, 0) is 6.16 Å². The molecule has 15 heavy (non-hydrogen) atoms. The number of hydrogen-bond donors (Lipinski definition) is 0. The Morgan fingerprint density at radius 2 is 1.60 bits per heavy atom. The lowest BCUT2D eigenvalue weighted by Gasteiger charge is -2.12. The summed E-state index contributed by atoms with van der Waals surface area (Å²) in [6.07, 6.45) is 10.1. The van der Waals surface area contributed by atoms with Crippen LogP contribution in [0, 0.1) is 0 Å². The largest absolute Gasteiger partial charge is 0.0727 e. The van der Waals surface area contributed by atoms with Crippen LogP contribution in [0.15, 0.2) is 30.3 Å². The van der Waals surface area contributed by atoms with Crippen molar-refractivity contribution in [2.24, 2.45) is 0 Å². The molecule has 0 saturated heterocycles. The summed E-state index contributed by atoms with van der Waals surface area (Å²) in [4.78, 5) is 0. The van der Waals surface area contributed by atoms with Gasteiger partial charge >= 0.3 is 0 Å². The lowest BCUT2D eigenvalue weighted by molar-refractivity contribution is 0.702. The Labute approximate surface area is 95.3 Å². The van der Waals surface area contributed by atoms with Gasteiger partial charge in [0.25, 0.3) is 0 Å². The predicted octanol–water partition coefficient (Wildman–Crippen LogP) is 4.86. The van der Waals surface area contributed by atoms with Crippen LogP contribution in [0.3, 0.4) is 0 Å². The van der Waals surface area contributed by atoms with Crippen LogP contribution in [-0.4, -0.2) is 5.66 Å². The molecule has 1 aromatic carbocycles. The summed E-state index contributed by atoms with van der Waals surface area (Å²) in [5.74, 6) is 0. The van der Waals surface area contributed by atoms with E-state index in [0.29, 0.717) is 0 Å². The van der Waals surface area contributed by atoms with E-state index in [2.05, 4.69) is 30.3 Å². The van der Waals surface area contributed by atoms with Gasteiger partial charge < -0.3 is 0 Å². The molecule has 1 fully saturated rings. The van der Waals surface area contributed by atoms with Crippen molar-refractivity contribution in [1.29, 1.82) is 0 Å². The zero-order valence-electron chi connectivity index (χ0n) is 9.36. The first kappa shape index (κ1) is 11.1. The quantitative estimate of drug-likeness (QED) is 0.503. The summed E-state index contributed by atoms with van der Waals surface area (Å²) in [6.45, 7) is 0. The molecule has 0 bridgehead atoms. The van der Waals surface area contributed by atoms with Gasteiger partial charge in [0.1, 0.15) is 0 Å². The molecule has 0 aromatic heterocycles. The highest BCUT2D eigenvalue weighted by molar-refractivity contribution is 7.38. The molecular weight excluding hydrogens is 199 g/mol. The van der Waals surface area contributed by atoms with Crippen molar-refractivity contribution < 1.29 is 0 Å². The molecular formula is C14H20P. The summed E-state index contributed by atoms with van der Waals surface area (Å²) < 4.78 is 0. The second-order valence-electron chi connectivity index (χ2n) is 4.47. The minimum absolute atomic E-state index is 0.979. The molecule has 0 spiro atoms. The van der Waals surface area contributed by atoms with Crippen molar-refractivity contribution in [3.8, 4) is 0 Å². The number of benzene rings is 1. The predicted molar refractivity (Wildman–Crippen MR) is 68.6 cm³/mol. The normalized spacial score (nSPS) is 19.5. The molecule has 0 atom stereocenters. The van der Waals surface area contributed by atoms with E-state index in [9.17, 15) is 0 Å². The Morgan fingerprint density at radius 1 is 0.933 bits per heavy atom. The Morgan fingerprint density at radius 3 is 2.27 bits per heavy atom. The van der Waals surface area contributed by atoms with Gasteiger partial charge in [-0.1, -0.05) is 64.6 Å². The van der Waals surface area contributed by atoms with Gasteiger partial charge in [-0.25, -0.2) is 0 Å². The Balaban J connectivity index is 1.77. The van der Waals surface area contributed by atoms with E-state index in [4.69, 9.17) is 0 Å². The van der Waals surface area contributed by atoms with Crippen LogP contribution in [0.4, 0.5) is 0 Å². The molecule has 0 amide bonds. The lowest BCUT2D eigenvalue weighted by atomic mass is 10.2. The topological polar surface area (TPSA) is 0 Å². The smallest absolute Gasteiger partial charge is 0.00316 e. The van der Waals surface area contributed by atoms with Crippen molar-refractivity contribution in [2.45, 2.75) is 50.3 Å². The van der Waals surface area contributed by atoms with Crippen LogP contribution in [0.25, 0.3) is 0 Å². The standard InChI is InChI=1S/C14H20P/c1-2-7-11-14(10-6-1)15-12-13-8-4-3-5-9-13/h3-5,8-9,14H,1-2,6-7,10-12H2. The van der Waals surface area contributed by atoms with E-state index in [1.54, 1.807) is 8.58 Å². The average molecular weight is 219 g/mol. The van der Waals surface area contributed by atoms with Crippen molar-refractivity contribution in [2.75, 3.05) is 0 Å². The molecule has 81 valence electrons. The molecule has 1 heteroatoms. The van der Waals surface area contributed by atoms with Gasteiger partial charge in [0.05, 0.1) is 0 Å². The SMILES string of the molecule is c1ccc(C[P]C2CCCCCC2)cc1. The van der Waals surface area contributed by atoms with Gasteiger partial charge in [0.2, 0.25) is 0 Å². The van der Waals surface area contributed by atoms with Gasteiger partial charge in [-0.3, -0.25) is 0 Å². The highest BCUT2D eigenvalue weighted by Gasteiger charge is 2.12. The van der Waals surface area contributed by atoms with E-state index in [1.807, 2.05) is 0 Å². The molecule has 0 nitrogen and oxygen atoms in total. The van der Waals surface area contributed by atoms with Gasteiger partial charge in [-0.15, -0.1) is 0 Å². The third kappa shape index (κ3) is 3.95. The fraction of sp³-hybridized carbons (Fsp3) is 0.571. The molecule has 0 aliphatic heterocycles. The molecule has 0 N–H and O–H groups in total. The highest BCUT2D eigenvalue weighted by Crippen LogP contribution is 2.34. The zero-order chi connectivity index (χ0) is 10.3. The summed E-state index contributed by atoms with van der Waals surface area (Å²) in [5, 5.41) is 0. The van der Waals surface area contributed by atoms with Gasteiger partial charge in [-0.2, -0.15) is 0 Å². The third-order valence-electron chi connectivity index (χ3n) is 3.20. The monoisotopic (exact) mass is 219 g/mol. The third-order valence-corrected chi connectivity index (χ3v) is 4.78. The first-order valence-electron chi connectivity index (χ1n) is 6.16. The number of rotatable bonds is 3. The molecule has 1 radical (unpaired) electrons. The van der Waals surface area contributed by atoms with Crippen LogP contribution in [0.5, 0.6) is 0 Å². The summed E-state index contributed by atoms with van der Waals surface area (Å²) in [7, 11) is 1.66. The van der Waals surface area contributed by atoms with Crippen LogP contribution in [0.2, 0.25) is 0 Å². The minimum atomic E-state index is 0.979. The molecule has 1 aliphatic carbocycles. The van der Waals surface area contributed by atoms with Crippen molar-refractivity contribution in [3.63, 3.8) is 0 Å². The molecule has 1 aromatic rings. The van der Waals surface area contributed by atoms with Crippen LogP contribution >= 0.6 is 8.58 Å². The molecule has 0 heterocycles. The summed E-state index contributed by atoms with van der Waals surface area (Å²) in [6, 6.07) is 10.9. The highest BCUT2D eigenvalue weighted by atomic mass is 31.1. The van der Waals surface area contributed by atoms with Crippen LogP contribution in [0.1, 0.15) is 44.1 Å². The Kier molecular flexibility index (Phi) is 4.67. The number of hydrogen-bond acceptors (Lipinski definition) is 0. The van der Waals surface area contributed by atoms with Gasteiger partial charge in [0.15, 0.2) is 0 Å². The maximum atomic E-state index is 2.25. The lowest BCUT2D eigenvalue weighted by Crippen LogP contribution is -1.98. The maximum absolute atomic E-state index is 2.25. The van der Waals surface area contributed by atoms with Crippen molar-refractivity contribution in [1.82, 2.24) is 0 Å². The van der Waals surface area contributed by atoms with Gasteiger partial charge in [-0.05, 0) is 30.2 Å². The van der Waals surface area contributed by atoms with Gasteiger partial charge in [0, 0.05) is 0 Å². The molecule has 1 saturated carbocycles. The Bertz CT molecular complexity index is 260. The fourth-order valence-corrected chi connectivity index (χ4v) is 3.67. The second-order valence-corrected chi connectivity index (χ2v) is 5.88. The molecule has 0 unspecified atom stereocenters. The van der Waals surface area contributed by atoms with E-state index >= 15 is 0 Å². The van der Waals surface area contributed by atoms with E-state index in [-0.39, 0.29) is 0 Å². The van der Waals surface area contributed by atoms with Crippen molar-refractivity contribution >= 4 is 8.58 Å². The Hall–Kier alpha value is -0.350. The summed E-state index contributed by atoms with van der Waals surface area (Å²) in [5.41, 5.74) is 2.48.